The topological polar surface area (TPSA) is 42.2 Å². The van der Waals surface area contributed by atoms with E-state index in [0.29, 0.717) is 29.4 Å². The molecule has 20 heavy (non-hydrogen) atoms. The molecule has 0 spiro atoms. The molecule has 0 bridgehead atoms. The molecule has 2 aromatic carbocycles. The van der Waals surface area contributed by atoms with Crippen molar-refractivity contribution in [2.45, 2.75) is 13.3 Å². The average molecular weight is 332 g/mol. The summed E-state index contributed by atoms with van der Waals surface area (Å²) in [6, 6.07) is 14.9. The summed E-state index contributed by atoms with van der Waals surface area (Å²) in [6.07, 6.45) is 0.927. The normalized spacial score (nSPS) is 9.85. The molecule has 0 aliphatic heterocycles. The monoisotopic (exact) mass is 331 g/mol. The molecule has 0 aliphatic rings. The lowest BCUT2D eigenvalue weighted by atomic mass is 10.2. The van der Waals surface area contributed by atoms with Crippen LogP contribution in [0.2, 0.25) is 0 Å². The average Bonchev–Trinajstić information content (AvgIpc) is 2.48. The zero-order chi connectivity index (χ0) is 14.4. The Morgan fingerprint density at radius 1 is 1.10 bits per heavy atom. The van der Waals surface area contributed by atoms with Crippen LogP contribution in [0.5, 0.6) is 17.2 Å². The predicted molar refractivity (Wildman–Crippen MR) is 81.2 cm³/mol. The number of hydrogen-bond acceptors (Lipinski definition) is 3. The van der Waals surface area contributed by atoms with E-state index in [1.54, 1.807) is 12.1 Å². The molecule has 0 saturated carbocycles. The number of rotatable bonds is 5. The van der Waals surface area contributed by atoms with E-state index < -0.39 is 0 Å². The summed E-state index contributed by atoms with van der Waals surface area (Å²) >= 11 is 3.34. The molecule has 0 heterocycles. The highest BCUT2D eigenvalue weighted by Crippen LogP contribution is 2.33. The van der Waals surface area contributed by atoms with Crippen LogP contribution in [0.4, 0.5) is 0 Å². The van der Waals surface area contributed by atoms with Crippen molar-refractivity contribution in [3.05, 3.63) is 52.5 Å². The highest BCUT2D eigenvalue weighted by Gasteiger charge is 2.09. The van der Waals surface area contributed by atoms with Gasteiger partial charge >= 0.3 is 0 Å². The molecule has 0 amide bonds. The largest absolute Gasteiger partial charge is 0.490 e. The molecular formula is C16H14BrNO2. The van der Waals surface area contributed by atoms with Crippen LogP contribution in [0.25, 0.3) is 0 Å². The van der Waals surface area contributed by atoms with Gasteiger partial charge in [-0.15, -0.1) is 0 Å². The Balaban J connectivity index is 2.28. The molecule has 0 N–H and O–H groups in total. The first-order valence-corrected chi connectivity index (χ1v) is 7.13. The van der Waals surface area contributed by atoms with E-state index in [1.165, 1.54) is 0 Å². The van der Waals surface area contributed by atoms with E-state index >= 15 is 0 Å². The standard InChI is InChI=1S/C16H14BrNO2/c1-2-9-19-15-5-3-4-6-16(15)20-14-8-7-13(17)10-12(14)11-18/h3-8,10H,2,9H2,1H3. The van der Waals surface area contributed by atoms with E-state index in [4.69, 9.17) is 14.7 Å². The summed E-state index contributed by atoms with van der Waals surface area (Å²) in [5.41, 5.74) is 0.477. The van der Waals surface area contributed by atoms with Crippen molar-refractivity contribution in [3.63, 3.8) is 0 Å². The molecule has 3 nitrogen and oxygen atoms in total. The maximum absolute atomic E-state index is 9.15. The van der Waals surface area contributed by atoms with Crippen molar-refractivity contribution in [2.24, 2.45) is 0 Å². The SMILES string of the molecule is CCCOc1ccccc1Oc1ccc(Br)cc1C#N. The first-order chi connectivity index (χ1) is 9.74. The second-order valence-corrected chi connectivity index (χ2v) is 5.07. The van der Waals surface area contributed by atoms with Gasteiger partial charge in [0.25, 0.3) is 0 Å². The van der Waals surface area contributed by atoms with Gasteiger partial charge in [0.2, 0.25) is 0 Å². The van der Waals surface area contributed by atoms with Crippen molar-refractivity contribution in [1.82, 2.24) is 0 Å². The lowest BCUT2D eigenvalue weighted by Crippen LogP contribution is -1.97. The summed E-state index contributed by atoms with van der Waals surface area (Å²) in [7, 11) is 0. The number of nitriles is 1. The van der Waals surface area contributed by atoms with E-state index in [1.807, 2.05) is 37.3 Å². The van der Waals surface area contributed by atoms with Crippen molar-refractivity contribution >= 4 is 15.9 Å². The Morgan fingerprint density at radius 3 is 2.55 bits per heavy atom. The molecule has 0 aromatic heterocycles. The Labute approximate surface area is 126 Å². The maximum Gasteiger partial charge on any atom is 0.169 e. The number of benzene rings is 2. The Hall–Kier alpha value is -1.99. The first kappa shape index (κ1) is 14.4. The summed E-state index contributed by atoms with van der Waals surface area (Å²) in [5.74, 6) is 1.81. The summed E-state index contributed by atoms with van der Waals surface area (Å²) in [6.45, 7) is 2.68. The van der Waals surface area contributed by atoms with Gasteiger partial charge in [-0.2, -0.15) is 5.26 Å². The Kier molecular flexibility index (Phi) is 5.03. The molecule has 0 atom stereocenters. The van der Waals surface area contributed by atoms with Crippen LogP contribution >= 0.6 is 15.9 Å². The molecule has 4 heteroatoms. The van der Waals surface area contributed by atoms with Crippen LogP contribution in [-0.2, 0) is 0 Å². The van der Waals surface area contributed by atoms with Gasteiger partial charge in [0.05, 0.1) is 12.2 Å². The van der Waals surface area contributed by atoms with Gasteiger partial charge in [-0.1, -0.05) is 35.0 Å². The van der Waals surface area contributed by atoms with Crippen molar-refractivity contribution in [2.75, 3.05) is 6.61 Å². The summed E-state index contributed by atoms with van der Waals surface area (Å²) < 4.78 is 12.3. The Morgan fingerprint density at radius 2 is 1.85 bits per heavy atom. The third kappa shape index (κ3) is 3.52. The van der Waals surface area contributed by atoms with Gasteiger partial charge in [-0.05, 0) is 36.8 Å². The highest BCUT2D eigenvalue weighted by atomic mass is 79.9. The molecule has 0 unspecified atom stereocenters. The molecule has 2 rings (SSSR count). The molecule has 0 saturated heterocycles. The smallest absolute Gasteiger partial charge is 0.169 e. The minimum Gasteiger partial charge on any atom is -0.490 e. The summed E-state index contributed by atoms with van der Waals surface area (Å²) in [4.78, 5) is 0. The van der Waals surface area contributed by atoms with Crippen molar-refractivity contribution < 1.29 is 9.47 Å². The second kappa shape index (κ2) is 6.97. The second-order valence-electron chi connectivity index (χ2n) is 4.15. The molecular weight excluding hydrogens is 318 g/mol. The fourth-order valence-corrected chi connectivity index (χ4v) is 2.02. The lowest BCUT2D eigenvalue weighted by Gasteiger charge is -2.12. The van der Waals surface area contributed by atoms with E-state index in [0.717, 1.165) is 10.9 Å². The summed E-state index contributed by atoms with van der Waals surface area (Å²) in [5, 5.41) is 9.15. The third-order valence-electron chi connectivity index (χ3n) is 2.59. The third-order valence-corrected chi connectivity index (χ3v) is 3.09. The predicted octanol–water partition coefficient (Wildman–Crippen LogP) is 4.90. The molecule has 102 valence electrons. The minimum absolute atomic E-state index is 0.477. The Bertz CT molecular complexity index is 635. The van der Waals surface area contributed by atoms with E-state index in [2.05, 4.69) is 22.0 Å². The number of halogens is 1. The molecule has 0 radical (unpaired) electrons. The minimum atomic E-state index is 0.477. The van der Waals surface area contributed by atoms with E-state index in [9.17, 15) is 0 Å². The van der Waals surface area contributed by atoms with Crippen molar-refractivity contribution in [3.8, 4) is 23.3 Å². The quantitative estimate of drug-likeness (QED) is 0.782. The lowest BCUT2D eigenvalue weighted by molar-refractivity contribution is 0.302. The number of hydrogen-bond donors (Lipinski definition) is 0. The number of para-hydroxylation sites is 2. The van der Waals surface area contributed by atoms with E-state index in [-0.39, 0.29) is 0 Å². The van der Waals surface area contributed by atoms with Crippen LogP contribution in [0.1, 0.15) is 18.9 Å². The van der Waals surface area contributed by atoms with Crippen LogP contribution in [0.15, 0.2) is 46.9 Å². The van der Waals surface area contributed by atoms with Gasteiger partial charge in [0.1, 0.15) is 11.8 Å². The van der Waals surface area contributed by atoms with Gasteiger partial charge in [0.15, 0.2) is 11.5 Å². The molecule has 0 fully saturated rings. The van der Waals surface area contributed by atoms with Crippen LogP contribution in [0, 0.1) is 11.3 Å². The van der Waals surface area contributed by atoms with Crippen LogP contribution in [-0.4, -0.2) is 6.61 Å². The van der Waals surface area contributed by atoms with Crippen LogP contribution in [0.3, 0.4) is 0 Å². The molecule has 0 aliphatic carbocycles. The zero-order valence-electron chi connectivity index (χ0n) is 11.1. The zero-order valence-corrected chi connectivity index (χ0v) is 12.7. The van der Waals surface area contributed by atoms with Gasteiger partial charge in [-0.3, -0.25) is 0 Å². The highest BCUT2D eigenvalue weighted by molar-refractivity contribution is 9.10. The first-order valence-electron chi connectivity index (χ1n) is 6.34. The van der Waals surface area contributed by atoms with Gasteiger partial charge < -0.3 is 9.47 Å². The fourth-order valence-electron chi connectivity index (χ4n) is 1.66. The maximum atomic E-state index is 9.15. The van der Waals surface area contributed by atoms with Crippen molar-refractivity contribution in [1.29, 1.82) is 5.26 Å². The van der Waals surface area contributed by atoms with Gasteiger partial charge in [-0.25, -0.2) is 0 Å². The number of ether oxygens (including phenoxy) is 2. The fraction of sp³-hybridized carbons (Fsp3) is 0.188. The molecule has 2 aromatic rings. The van der Waals surface area contributed by atoms with Gasteiger partial charge in [0, 0.05) is 4.47 Å². The van der Waals surface area contributed by atoms with Crippen LogP contribution < -0.4 is 9.47 Å². The number of nitrogens with zero attached hydrogens (tertiary/aromatic N) is 1.